The number of benzene rings is 2. The predicted molar refractivity (Wildman–Crippen MR) is 95.1 cm³/mol. The van der Waals surface area contributed by atoms with Gasteiger partial charge >= 0.3 is 0 Å². The van der Waals surface area contributed by atoms with Crippen LogP contribution in [-0.4, -0.2) is 42.2 Å². The Morgan fingerprint density at radius 1 is 1.24 bits per heavy atom. The van der Waals surface area contributed by atoms with E-state index in [1.807, 2.05) is 24.3 Å². The molecule has 0 saturated carbocycles. The maximum absolute atomic E-state index is 10.7. The lowest BCUT2D eigenvalue weighted by molar-refractivity contribution is -0.384. The van der Waals surface area contributed by atoms with Crippen molar-refractivity contribution in [3.63, 3.8) is 0 Å². The number of nitrogens with zero attached hydrogens (tertiary/aromatic N) is 2. The van der Waals surface area contributed by atoms with Crippen molar-refractivity contribution in [1.29, 1.82) is 0 Å². The van der Waals surface area contributed by atoms with E-state index in [1.165, 1.54) is 12.1 Å². The summed E-state index contributed by atoms with van der Waals surface area (Å²) in [7, 11) is 0. The van der Waals surface area contributed by atoms with Crippen molar-refractivity contribution in [1.82, 2.24) is 4.90 Å². The molecule has 1 fully saturated rings. The number of nitro groups is 1. The van der Waals surface area contributed by atoms with Gasteiger partial charge in [-0.3, -0.25) is 15.0 Å². The first-order valence-corrected chi connectivity index (χ1v) is 8.44. The van der Waals surface area contributed by atoms with Gasteiger partial charge in [-0.15, -0.1) is 0 Å². The molecule has 0 N–H and O–H groups in total. The van der Waals surface area contributed by atoms with Crippen LogP contribution in [0.25, 0.3) is 0 Å². The van der Waals surface area contributed by atoms with Crippen LogP contribution >= 0.6 is 11.6 Å². The summed E-state index contributed by atoms with van der Waals surface area (Å²) in [4.78, 5) is 12.5. The molecular weight excluding hydrogens is 344 g/mol. The van der Waals surface area contributed by atoms with Crippen LogP contribution in [0.15, 0.2) is 48.5 Å². The van der Waals surface area contributed by atoms with Crippen LogP contribution in [0.4, 0.5) is 5.69 Å². The Bertz CT molecular complexity index is 723. The fourth-order valence-corrected chi connectivity index (χ4v) is 2.94. The molecule has 0 radical (unpaired) electrons. The number of halogens is 1. The van der Waals surface area contributed by atoms with E-state index in [0.717, 1.165) is 30.2 Å². The number of hydrogen-bond acceptors (Lipinski definition) is 5. The van der Waals surface area contributed by atoms with E-state index in [0.29, 0.717) is 19.0 Å². The van der Waals surface area contributed by atoms with Gasteiger partial charge < -0.3 is 9.47 Å². The zero-order valence-corrected chi connectivity index (χ0v) is 14.4. The molecule has 0 aromatic heterocycles. The van der Waals surface area contributed by atoms with Gasteiger partial charge in [-0.1, -0.05) is 29.8 Å². The van der Waals surface area contributed by atoms with E-state index < -0.39 is 4.92 Å². The second-order valence-electron chi connectivity index (χ2n) is 5.88. The number of rotatable bonds is 6. The summed E-state index contributed by atoms with van der Waals surface area (Å²) < 4.78 is 11.5. The second-order valence-corrected chi connectivity index (χ2v) is 6.29. The Labute approximate surface area is 151 Å². The van der Waals surface area contributed by atoms with Gasteiger partial charge in [-0.05, 0) is 23.8 Å². The fourth-order valence-electron chi connectivity index (χ4n) is 2.75. The highest BCUT2D eigenvalue weighted by Crippen LogP contribution is 2.20. The molecule has 1 aliphatic rings. The number of non-ortho nitro benzene ring substituents is 1. The SMILES string of the molecule is O=[N+]([O-])c1ccc(OC[C@@H]2CN(Cc3ccccc3Cl)CCO2)cc1. The largest absolute Gasteiger partial charge is 0.491 e. The molecule has 0 unspecified atom stereocenters. The standard InChI is InChI=1S/C18H19ClN2O4/c19-18-4-2-1-3-14(18)11-20-9-10-24-17(12-20)13-25-16-7-5-15(6-8-16)21(22)23/h1-8,17H,9-13H2/t17-/m0/s1. The van der Waals surface area contributed by atoms with Gasteiger partial charge in [0.15, 0.2) is 0 Å². The van der Waals surface area contributed by atoms with Crippen LogP contribution in [0, 0.1) is 10.1 Å². The number of morpholine rings is 1. The summed E-state index contributed by atoms with van der Waals surface area (Å²) >= 11 is 6.23. The first-order valence-electron chi connectivity index (χ1n) is 8.06. The van der Waals surface area contributed by atoms with Crippen LogP contribution in [0.3, 0.4) is 0 Å². The third-order valence-corrected chi connectivity index (χ3v) is 4.43. The topological polar surface area (TPSA) is 64.8 Å². The highest BCUT2D eigenvalue weighted by Gasteiger charge is 2.21. The summed E-state index contributed by atoms with van der Waals surface area (Å²) in [5.74, 6) is 0.595. The molecule has 1 aliphatic heterocycles. The van der Waals surface area contributed by atoms with E-state index in [-0.39, 0.29) is 11.8 Å². The van der Waals surface area contributed by atoms with Crippen molar-refractivity contribution < 1.29 is 14.4 Å². The number of hydrogen-bond donors (Lipinski definition) is 0. The Morgan fingerprint density at radius 3 is 2.72 bits per heavy atom. The highest BCUT2D eigenvalue weighted by molar-refractivity contribution is 6.31. The highest BCUT2D eigenvalue weighted by atomic mass is 35.5. The van der Waals surface area contributed by atoms with Crippen molar-refractivity contribution in [2.45, 2.75) is 12.6 Å². The van der Waals surface area contributed by atoms with Crippen molar-refractivity contribution >= 4 is 17.3 Å². The summed E-state index contributed by atoms with van der Waals surface area (Å²) in [6, 6.07) is 13.9. The summed E-state index contributed by atoms with van der Waals surface area (Å²) in [6.07, 6.45) is -0.0496. The Balaban J connectivity index is 1.51. The second kappa shape index (κ2) is 8.29. The van der Waals surface area contributed by atoms with Crippen molar-refractivity contribution in [2.24, 2.45) is 0 Å². The zero-order chi connectivity index (χ0) is 17.6. The minimum Gasteiger partial charge on any atom is -0.491 e. The average Bonchev–Trinajstić information content (AvgIpc) is 2.63. The molecule has 0 bridgehead atoms. The molecule has 2 aromatic rings. The van der Waals surface area contributed by atoms with Gasteiger partial charge in [0.2, 0.25) is 0 Å². The molecule has 132 valence electrons. The quantitative estimate of drug-likeness (QED) is 0.581. The average molecular weight is 363 g/mol. The maximum Gasteiger partial charge on any atom is 0.269 e. The molecule has 3 rings (SSSR count). The molecular formula is C18H19ClN2O4. The van der Waals surface area contributed by atoms with Gasteiger partial charge in [-0.2, -0.15) is 0 Å². The van der Waals surface area contributed by atoms with Gasteiger partial charge in [0.25, 0.3) is 5.69 Å². The van der Waals surface area contributed by atoms with Gasteiger partial charge in [-0.25, -0.2) is 0 Å². The van der Waals surface area contributed by atoms with Gasteiger partial charge in [0.05, 0.1) is 11.5 Å². The lowest BCUT2D eigenvalue weighted by Gasteiger charge is -2.33. The molecule has 1 saturated heterocycles. The summed E-state index contributed by atoms with van der Waals surface area (Å²) in [6.45, 7) is 3.41. The van der Waals surface area contributed by atoms with Crippen LogP contribution < -0.4 is 4.74 Å². The lowest BCUT2D eigenvalue weighted by atomic mass is 10.2. The van der Waals surface area contributed by atoms with E-state index in [1.54, 1.807) is 12.1 Å². The molecule has 2 aromatic carbocycles. The minimum absolute atomic E-state index is 0.0483. The smallest absolute Gasteiger partial charge is 0.269 e. The predicted octanol–water partition coefficient (Wildman–Crippen LogP) is 3.53. The number of nitro benzene ring substituents is 1. The minimum atomic E-state index is -0.430. The summed E-state index contributed by atoms with van der Waals surface area (Å²) in [5.41, 5.74) is 1.15. The van der Waals surface area contributed by atoms with Crippen LogP contribution in [0.2, 0.25) is 5.02 Å². The van der Waals surface area contributed by atoms with E-state index in [4.69, 9.17) is 21.1 Å². The molecule has 0 aliphatic carbocycles. The van der Waals surface area contributed by atoms with Crippen molar-refractivity contribution in [3.8, 4) is 5.75 Å². The third kappa shape index (κ3) is 4.92. The first kappa shape index (κ1) is 17.7. The molecule has 0 amide bonds. The van der Waals surface area contributed by atoms with Gasteiger partial charge in [0, 0.05) is 36.8 Å². The molecule has 7 heteroatoms. The van der Waals surface area contributed by atoms with Crippen LogP contribution in [0.1, 0.15) is 5.56 Å². The van der Waals surface area contributed by atoms with Crippen LogP contribution in [0.5, 0.6) is 5.75 Å². The lowest BCUT2D eigenvalue weighted by Crippen LogP contribution is -2.44. The van der Waals surface area contributed by atoms with Crippen molar-refractivity contribution in [3.05, 3.63) is 69.2 Å². The van der Waals surface area contributed by atoms with E-state index in [2.05, 4.69) is 4.90 Å². The van der Waals surface area contributed by atoms with Crippen LogP contribution in [-0.2, 0) is 11.3 Å². The molecule has 1 atom stereocenters. The molecule has 0 spiro atoms. The molecule has 6 nitrogen and oxygen atoms in total. The van der Waals surface area contributed by atoms with E-state index >= 15 is 0 Å². The molecule has 1 heterocycles. The zero-order valence-electron chi connectivity index (χ0n) is 13.6. The first-order chi connectivity index (χ1) is 12.1. The normalized spacial score (nSPS) is 18.0. The molecule has 25 heavy (non-hydrogen) atoms. The fraction of sp³-hybridized carbons (Fsp3) is 0.333. The summed E-state index contributed by atoms with van der Waals surface area (Å²) in [5, 5.41) is 11.4. The Morgan fingerprint density at radius 2 is 2.00 bits per heavy atom. The Kier molecular flexibility index (Phi) is 5.86. The Hall–Kier alpha value is -2.15. The monoisotopic (exact) mass is 362 g/mol. The van der Waals surface area contributed by atoms with Crippen molar-refractivity contribution in [2.75, 3.05) is 26.3 Å². The van der Waals surface area contributed by atoms with Gasteiger partial charge in [0.1, 0.15) is 18.5 Å². The maximum atomic E-state index is 10.7. The third-order valence-electron chi connectivity index (χ3n) is 4.06. The number of ether oxygens (including phenoxy) is 2. The van der Waals surface area contributed by atoms with E-state index in [9.17, 15) is 10.1 Å².